The summed E-state index contributed by atoms with van der Waals surface area (Å²) in [6.45, 7) is 7.36. The molecule has 1 rings (SSSR count). The number of aliphatic hydroxyl groups excluding tert-OH is 1. The zero-order chi connectivity index (χ0) is 9.84. The van der Waals surface area contributed by atoms with E-state index in [0.717, 1.165) is 13.0 Å². The van der Waals surface area contributed by atoms with Gasteiger partial charge in [-0.15, -0.1) is 0 Å². The molecule has 0 aromatic rings. The van der Waals surface area contributed by atoms with Crippen LogP contribution < -0.4 is 0 Å². The van der Waals surface area contributed by atoms with Gasteiger partial charge in [-0.05, 0) is 18.3 Å². The Hall–Kier alpha value is -0.0800. The lowest BCUT2D eigenvalue weighted by Crippen LogP contribution is -2.23. The Labute approximate surface area is 81.3 Å². The zero-order valence-corrected chi connectivity index (χ0v) is 8.99. The third-order valence-corrected chi connectivity index (χ3v) is 3.12. The van der Waals surface area contributed by atoms with E-state index in [-0.39, 0.29) is 0 Å². The summed E-state index contributed by atoms with van der Waals surface area (Å²) in [6.07, 6.45) is 3.02. The minimum absolute atomic E-state index is 0.375. The van der Waals surface area contributed by atoms with Crippen LogP contribution in [0.3, 0.4) is 0 Å². The maximum absolute atomic E-state index is 9.61. The van der Waals surface area contributed by atoms with Crippen LogP contribution in [0.5, 0.6) is 0 Å². The monoisotopic (exact) mass is 186 g/mol. The molecule has 1 fully saturated rings. The Balaban J connectivity index is 2.45. The highest BCUT2D eigenvalue weighted by Gasteiger charge is 2.36. The minimum Gasteiger partial charge on any atom is -0.368 e. The zero-order valence-electron chi connectivity index (χ0n) is 8.99. The number of hydrogen-bond acceptors (Lipinski definition) is 2. The number of unbranched alkanes of at least 4 members (excludes halogenated alkanes) is 1. The number of aliphatic hydroxyl groups is 1. The summed E-state index contributed by atoms with van der Waals surface area (Å²) in [5.41, 5.74) is 0. The predicted octanol–water partition coefficient (Wildman–Crippen LogP) is 2.41. The fourth-order valence-corrected chi connectivity index (χ4v) is 2.15. The van der Waals surface area contributed by atoms with Gasteiger partial charge in [0, 0.05) is 5.92 Å². The van der Waals surface area contributed by atoms with Crippen molar-refractivity contribution in [3.05, 3.63) is 0 Å². The van der Waals surface area contributed by atoms with E-state index in [0.29, 0.717) is 17.8 Å². The summed E-state index contributed by atoms with van der Waals surface area (Å²) in [5, 5.41) is 9.61. The maximum atomic E-state index is 9.61. The van der Waals surface area contributed by atoms with Gasteiger partial charge in [0.2, 0.25) is 0 Å². The van der Waals surface area contributed by atoms with Crippen molar-refractivity contribution in [2.75, 3.05) is 6.61 Å². The highest BCUT2D eigenvalue weighted by atomic mass is 16.6. The average Bonchev–Trinajstić information content (AvgIpc) is 2.43. The summed E-state index contributed by atoms with van der Waals surface area (Å²) in [7, 11) is 0. The molecule has 2 nitrogen and oxygen atoms in total. The first-order valence-corrected chi connectivity index (χ1v) is 5.46. The molecule has 3 unspecified atom stereocenters. The lowest BCUT2D eigenvalue weighted by molar-refractivity contribution is -0.0839. The molecule has 0 bridgehead atoms. The van der Waals surface area contributed by atoms with Gasteiger partial charge in [-0.1, -0.05) is 33.6 Å². The van der Waals surface area contributed by atoms with Crippen molar-refractivity contribution in [1.29, 1.82) is 0 Å². The Morgan fingerprint density at radius 3 is 2.69 bits per heavy atom. The highest BCUT2D eigenvalue weighted by molar-refractivity contribution is 4.80. The molecule has 1 aliphatic heterocycles. The molecule has 13 heavy (non-hydrogen) atoms. The van der Waals surface area contributed by atoms with E-state index >= 15 is 0 Å². The van der Waals surface area contributed by atoms with E-state index in [9.17, 15) is 5.11 Å². The van der Waals surface area contributed by atoms with Crippen LogP contribution in [0.2, 0.25) is 0 Å². The average molecular weight is 186 g/mol. The van der Waals surface area contributed by atoms with E-state index in [4.69, 9.17) is 4.74 Å². The predicted molar refractivity (Wildman–Crippen MR) is 53.3 cm³/mol. The largest absolute Gasteiger partial charge is 0.368 e. The van der Waals surface area contributed by atoms with Crippen molar-refractivity contribution in [2.24, 2.45) is 17.8 Å². The van der Waals surface area contributed by atoms with E-state index in [1.54, 1.807) is 0 Å². The third kappa shape index (κ3) is 2.68. The quantitative estimate of drug-likeness (QED) is 0.730. The molecule has 1 heterocycles. The van der Waals surface area contributed by atoms with Gasteiger partial charge in [-0.3, -0.25) is 0 Å². The van der Waals surface area contributed by atoms with Crippen LogP contribution in [0.4, 0.5) is 0 Å². The van der Waals surface area contributed by atoms with Gasteiger partial charge in [0.25, 0.3) is 0 Å². The van der Waals surface area contributed by atoms with Gasteiger partial charge in [0.1, 0.15) is 0 Å². The van der Waals surface area contributed by atoms with E-state index in [1.807, 2.05) is 0 Å². The smallest absolute Gasteiger partial charge is 0.157 e. The van der Waals surface area contributed by atoms with E-state index in [1.165, 1.54) is 12.8 Å². The third-order valence-electron chi connectivity index (χ3n) is 3.12. The molecule has 1 N–H and O–H groups in total. The first-order chi connectivity index (χ1) is 6.16. The molecule has 1 aliphatic rings. The molecular formula is C11H22O2. The van der Waals surface area contributed by atoms with E-state index in [2.05, 4.69) is 20.8 Å². The van der Waals surface area contributed by atoms with Gasteiger partial charge < -0.3 is 9.84 Å². The van der Waals surface area contributed by atoms with Crippen molar-refractivity contribution in [2.45, 2.75) is 46.3 Å². The highest BCUT2D eigenvalue weighted by Crippen LogP contribution is 2.34. The van der Waals surface area contributed by atoms with Gasteiger partial charge in [-0.25, -0.2) is 0 Å². The molecule has 2 heteroatoms. The lowest BCUT2D eigenvalue weighted by atomic mass is 9.82. The summed E-state index contributed by atoms with van der Waals surface area (Å²) in [6, 6.07) is 0. The molecule has 0 radical (unpaired) electrons. The minimum atomic E-state index is -0.501. The molecule has 0 aliphatic carbocycles. The van der Waals surface area contributed by atoms with Crippen LogP contribution >= 0.6 is 0 Å². The van der Waals surface area contributed by atoms with Crippen LogP contribution in [0.1, 0.15) is 40.0 Å². The van der Waals surface area contributed by atoms with Crippen molar-refractivity contribution >= 4 is 0 Å². The van der Waals surface area contributed by atoms with Crippen LogP contribution in [-0.2, 0) is 4.74 Å². The Bertz CT molecular complexity index is 145. The van der Waals surface area contributed by atoms with Crippen molar-refractivity contribution in [1.82, 2.24) is 0 Å². The Kier molecular flexibility index (Phi) is 4.20. The van der Waals surface area contributed by atoms with Crippen LogP contribution in [-0.4, -0.2) is 18.0 Å². The second-order valence-corrected chi connectivity index (χ2v) is 4.44. The summed E-state index contributed by atoms with van der Waals surface area (Å²) in [5.74, 6) is 1.56. The van der Waals surface area contributed by atoms with E-state index < -0.39 is 6.29 Å². The van der Waals surface area contributed by atoms with Crippen molar-refractivity contribution in [3.63, 3.8) is 0 Å². The normalized spacial score (nSPS) is 34.4. The van der Waals surface area contributed by atoms with Gasteiger partial charge >= 0.3 is 0 Å². The number of rotatable bonds is 4. The fourth-order valence-electron chi connectivity index (χ4n) is 2.15. The van der Waals surface area contributed by atoms with Crippen LogP contribution in [0, 0.1) is 17.8 Å². The van der Waals surface area contributed by atoms with Gasteiger partial charge in [0.05, 0.1) is 6.61 Å². The molecular weight excluding hydrogens is 164 g/mol. The molecule has 0 amide bonds. The van der Waals surface area contributed by atoms with Crippen molar-refractivity contribution < 1.29 is 9.84 Å². The molecule has 0 aromatic heterocycles. The number of hydrogen-bond donors (Lipinski definition) is 1. The lowest BCUT2D eigenvalue weighted by Gasteiger charge is -2.22. The molecule has 3 atom stereocenters. The van der Waals surface area contributed by atoms with Crippen LogP contribution in [0.15, 0.2) is 0 Å². The second kappa shape index (κ2) is 4.97. The molecule has 0 spiro atoms. The first-order valence-electron chi connectivity index (χ1n) is 5.46. The van der Waals surface area contributed by atoms with Crippen molar-refractivity contribution in [3.8, 4) is 0 Å². The molecule has 0 saturated carbocycles. The molecule has 1 saturated heterocycles. The Morgan fingerprint density at radius 1 is 1.46 bits per heavy atom. The number of ether oxygens (including phenoxy) is 1. The van der Waals surface area contributed by atoms with Crippen LogP contribution in [0.25, 0.3) is 0 Å². The molecule has 78 valence electrons. The SMILES string of the molecule is CCCCC1C(O)OCC1C(C)C. The maximum Gasteiger partial charge on any atom is 0.157 e. The first kappa shape index (κ1) is 11.0. The topological polar surface area (TPSA) is 29.5 Å². The van der Waals surface area contributed by atoms with Gasteiger partial charge in [-0.2, -0.15) is 0 Å². The Morgan fingerprint density at radius 2 is 2.15 bits per heavy atom. The standard InChI is InChI=1S/C11H22O2/c1-4-5-6-9-10(8(2)3)7-13-11(9)12/h8-12H,4-7H2,1-3H3. The second-order valence-electron chi connectivity index (χ2n) is 4.44. The summed E-state index contributed by atoms with van der Waals surface area (Å²) < 4.78 is 5.29. The summed E-state index contributed by atoms with van der Waals surface area (Å²) >= 11 is 0. The van der Waals surface area contributed by atoms with Gasteiger partial charge in [0.15, 0.2) is 6.29 Å². The fraction of sp³-hybridized carbons (Fsp3) is 1.00. The summed E-state index contributed by atoms with van der Waals surface area (Å²) in [4.78, 5) is 0. The molecule has 0 aromatic carbocycles.